The largest absolute Gasteiger partial charge is 0.386 e. The number of aromatic nitrogens is 2. The molecule has 6 nitrogen and oxygen atoms in total. The summed E-state index contributed by atoms with van der Waals surface area (Å²) < 4.78 is 1.92. The van der Waals surface area contributed by atoms with Crippen LogP contribution in [0.15, 0.2) is 30.3 Å². The molecular weight excluding hydrogens is 340 g/mol. The number of aliphatic hydroxyl groups excluding tert-OH is 1. The second-order valence-corrected chi connectivity index (χ2v) is 7.00. The highest BCUT2D eigenvalue weighted by Gasteiger charge is 2.23. The Balaban J connectivity index is 1.67. The maximum absolute atomic E-state index is 11.8. The summed E-state index contributed by atoms with van der Waals surface area (Å²) >= 11 is 6.25. The number of carbonyl (C=O) groups excluding carboxylic acids is 1. The SMILES string of the molecule is CN(C)C(=O)CC(O)c1cc2n(n1)CCN(Cc1ccccc1Cl)C2. The molecule has 1 aromatic carbocycles. The Morgan fingerprint density at radius 2 is 2.12 bits per heavy atom. The van der Waals surface area contributed by atoms with Crippen LogP contribution in [0, 0.1) is 0 Å². The second kappa shape index (κ2) is 7.56. The normalized spacial score (nSPS) is 15.7. The van der Waals surface area contributed by atoms with Gasteiger partial charge >= 0.3 is 0 Å². The maximum Gasteiger partial charge on any atom is 0.225 e. The van der Waals surface area contributed by atoms with Crippen molar-refractivity contribution in [3.63, 3.8) is 0 Å². The zero-order valence-corrected chi connectivity index (χ0v) is 15.3. The summed E-state index contributed by atoms with van der Waals surface area (Å²) in [4.78, 5) is 15.5. The van der Waals surface area contributed by atoms with Crippen LogP contribution in [0.1, 0.15) is 29.5 Å². The average molecular weight is 363 g/mol. The van der Waals surface area contributed by atoms with E-state index in [4.69, 9.17) is 11.6 Å². The Morgan fingerprint density at radius 3 is 2.84 bits per heavy atom. The van der Waals surface area contributed by atoms with E-state index in [2.05, 4.69) is 10.00 Å². The Hall–Kier alpha value is -1.89. The minimum Gasteiger partial charge on any atom is -0.386 e. The fraction of sp³-hybridized carbons (Fsp3) is 0.444. The van der Waals surface area contributed by atoms with E-state index in [0.29, 0.717) is 5.69 Å². The summed E-state index contributed by atoms with van der Waals surface area (Å²) in [5, 5.41) is 15.5. The van der Waals surface area contributed by atoms with E-state index in [1.165, 1.54) is 4.90 Å². The Kier molecular flexibility index (Phi) is 5.42. The molecule has 0 saturated heterocycles. The molecule has 0 aliphatic carbocycles. The quantitative estimate of drug-likeness (QED) is 0.884. The summed E-state index contributed by atoms with van der Waals surface area (Å²) in [5.74, 6) is -0.112. The van der Waals surface area contributed by atoms with Crippen LogP contribution >= 0.6 is 11.6 Å². The molecule has 1 aliphatic heterocycles. The zero-order chi connectivity index (χ0) is 18.0. The van der Waals surface area contributed by atoms with Crippen molar-refractivity contribution in [2.45, 2.75) is 32.2 Å². The number of benzene rings is 1. The Bertz CT molecular complexity index is 759. The molecule has 25 heavy (non-hydrogen) atoms. The highest BCUT2D eigenvalue weighted by Crippen LogP contribution is 2.23. The number of aliphatic hydroxyl groups is 1. The van der Waals surface area contributed by atoms with Crippen LogP contribution in [0.4, 0.5) is 0 Å². The second-order valence-electron chi connectivity index (χ2n) is 6.59. The molecule has 1 unspecified atom stereocenters. The van der Waals surface area contributed by atoms with Crippen LogP contribution in [0.25, 0.3) is 0 Å². The fourth-order valence-electron chi connectivity index (χ4n) is 2.96. The van der Waals surface area contributed by atoms with Crippen molar-refractivity contribution in [2.75, 3.05) is 20.6 Å². The highest BCUT2D eigenvalue weighted by molar-refractivity contribution is 6.31. The van der Waals surface area contributed by atoms with E-state index in [1.54, 1.807) is 14.1 Å². The van der Waals surface area contributed by atoms with E-state index in [1.807, 2.05) is 35.0 Å². The lowest BCUT2D eigenvalue weighted by atomic mass is 10.1. The van der Waals surface area contributed by atoms with Gasteiger partial charge < -0.3 is 10.0 Å². The summed E-state index contributed by atoms with van der Waals surface area (Å²) in [7, 11) is 3.36. The number of halogens is 1. The van der Waals surface area contributed by atoms with E-state index >= 15 is 0 Å². The number of amides is 1. The lowest BCUT2D eigenvalue weighted by Crippen LogP contribution is -2.33. The van der Waals surface area contributed by atoms with Crippen molar-refractivity contribution in [1.82, 2.24) is 19.6 Å². The van der Waals surface area contributed by atoms with Gasteiger partial charge in [-0.25, -0.2) is 0 Å². The molecule has 1 aliphatic rings. The first-order valence-electron chi connectivity index (χ1n) is 8.34. The van der Waals surface area contributed by atoms with Gasteiger partial charge in [-0.15, -0.1) is 0 Å². The molecule has 0 radical (unpaired) electrons. The van der Waals surface area contributed by atoms with Crippen LogP contribution in [0.3, 0.4) is 0 Å². The van der Waals surface area contributed by atoms with E-state index < -0.39 is 6.10 Å². The molecular formula is C18H23ClN4O2. The molecule has 1 aromatic heterocycles. The van der Waals surface area contributed by atoms with Crippen LogP contribution in [-0.2, 0) is 24.4 Å². The van der Waals surface area contributed by atoms with Crippen LogP contribution in [0.2, 0.25) is 5.02 Å². The number of rotatable bonds is 5. The molecule has 1 amide bonds. The third kappa shape index (κ3) is 4.21. The van der Waals surface area contributed by atoms with Gasteiger partial charge in [0, 0.05) is 38.8 Å². The topological polar surface area (TPSA) is 61.6 Å². The van der Waals surface area contributed by atoms with Crippen molar-refractivity contribution in [2.24, 2.45) is 0 Å². The molecule has 0 bridgehead atoms. The van der Waals surface area contributed by atoms with Gasteiger partial charge in [-0.05, 0) is 17.7 Å². The predicted molar refractivity (Wildman–Crippen MR) is 96.1 cm³/mol. The van der Waals surface area contributed by atoms with Crippen LogP contribution in [-0.4, -0.2) is 51.2 Å². The Labute approximate surface area is 152 Å². The summed E-state index contributed by atoms with van der Waals surface area (Å²) in [6, 6.07) is 9.76. The molecule has 1 N–H and O–H groups in total. The first-order valence-corrected chi connectivity index (χ1v) is 8.72. The molecule has 0 spiro atoms. The summed E-state index contributed by atoms with van der Waals surface area (Å²) in [6.07, 6.45) is -0.822. The molecule has 134 valence electrons. The first kappa shape index (κ1) is 17.9. The van der Waals surface area contributed by atoms with Crippen LogP contribution < -0.4 is 0 Å². The van der Waals surface area contributed by atoms with Gasteiger partial charge in [0.25, 0.3) is 0 Å². The lowest BCUT2D eigenvalue weighted by Gasteiger charge is -2.27. The van der Waals surface area contributed by atoms with Crippen LogP contribution in [0.5, 0.6) is 0 Å². The third-order valence-corrected chi connectivity index (χ3v) is 4.82. The fourth-order valence-corrected chi connectivity index (χ4v) is 3.16. The third-order valence-electron chi connectivity index (χ3n) is 4.46. The van der Waals surface area contributed by atoms with Crippen molar-refractivity contribution in [3.8, 4) is 0 Å². The number of hydrogen-bond donors (Lipinski definition) is 1. The smallest absolute Gasteiger partial charge is 0.225 e. The molecule has 0 saturated carbocycles. The van der Waals surface area contributed by atoms with Crippen molar-refractivity contribution >= 4 is 17.5 Å². The molecule has 7 heteroatoms. The number of nitrogens with zero attached hydrogens (tertiary/aromatic N) is 4. The van der Waals surface area contributed by atoms with Crippen molar-refractivity contribution in [3.05, 3.63) is 52.3 Å². The highest BCUT2D eigenvalue weighted by atomic mass is 35.5. The molecule has 3 rings (SSSR count). The van der Waals surface area contributed by atoms with Crippen molar-refractivity contribution < 1.29 is 9.90 Å². The minimum absolute atomic E-state index is 0.0484. The van der Waals surface area contributed by atoms with Gasteiger partial charge in [0.05, 0.1) is 24.4 Å². The number of fused-ring (bicyclic) bond motifs is 1. The van der Waals surface area contributed by atoms with Gasteiger partial charge in [0.1, 0.15) is 6.10 Å². The lowest BCUT2D eigenvalue weighted by molar-refractivity contribution is -0.130. The van der Waals surface area contributed by atoms with E-state index in [9.17, 15) is 9.90 Å². The Morgan fingerprint density at radius 1 is 1.36 bits per heavy atom. The number of hydrogen-bond acceptors (Lipinski definition) is 4. The standard InChI is InChI=1S/C18H23ClN4O2/c1-21(2)18(25)10-17(24)16-9-14-12-22(7-8-23(14)20-16)11-13-5-3-4-6-15(13)19/h3-6,9,17,24H,7-8,10-12H2,1-2H3. The van der Waals surface area contributed by atoms with Crippen molar-refractivity contribution in [1.29, 1.82) is 0 Å². The zero-order valence-electron chi connectivity index (χ0n) is 14.5. The molecule has 0 fully saturated rings. The molecule has 1 atom stereocenters. The summed E-state index contributed by atoms with van der Waals surface area (Å²) in [5.41, 5.74) is 2.71. The maximum atomic E-state index is 11.8. The monoisotopic (exact) mass is 362 g/mol. The number of carbonyl (C=O) groups is 1. The van der Waals surface area contributed by atoms with Gasteiger partial charge in [-0.3, -0.25) is 14.4 Å². The van der Waals surface area contributed by atoms with E-state index in [-0.39, 0.29) is 12.3 Å². The van der Waals surface area contributed by atoms with E-state index in [0.717, 1.165) is 42.5 Å². The predicted octanol–water partition coefficient (Wildman–Crippen LogP) is 2.06. The van der Waals surface area contributed by atoms with Gasteiger partial charge in [-0.2, -0.15) is 5.10 Å². The van der Waals surface area contributed by atoms with Gasteiger partial charge in [0.2, 0.25) is 5.91 Å². The van der Waals surface area contributed by atoms with Gasteiger partial charge in [0.15, 0.2) is 0 Å². The van der Waals surface area contributed by atoms with Gasteiger partial charge in [-0.1, -0.05) is 29.8 Å². The first-order chi connectivity index (χ1) is 11.9. The summed E-state index contributed by atoms with van der Waals surface area (Å²) in [6.45, 7) is 3.15. The average Bonchev–Trinajstić information content (AvgIpc) is 3.00. The minimum atomic E-state index is -0.870. The molecule has 2 aromatic rings. The molecule has 2 heterocycles.